The minimum atomic E-state index is -0.342. The van der Waals surface area contributed by atoms with E-state index < -0.39 is 0 Å². The van der Waals surface area contributed by atoms with Gasteiger partial charge in [0.05, 0.1) is 12.7 Å². The van der Waals surface area contributed by atoms with Crippen LogP contribution in [0.4, 0.5) is 0 Å². The monoisotopic (exact) mass is 187 g/mol. The second-order valence-electron chi connectivity index (χ2n) is 3.84. The van der Waals surface area contributed by atoms with Crippen molar-refractivity contribution in [2.45, 2.75) is 32.3 Å². The molecule has 0 saturated heterocycles. The number of ether oxygens (including phenoxy) is 1. The van der Waals surface area contributed by atoms with E-state index in [0.29, 0.717) is 13.2 Å². The summed E-state index contributed by atoms with van der Waals surface area (Å²) in [5.74, 6) is 0.788. The van der Waals surface area contributed by atoms with Crippen LogP contribution in [0.3, 0.4) is 0 Å². The van der Waals surface area contributed by atoms with Crippen LogP contribution >= 0.6 is 0 Å². The van der Waals surface area contributed by atoms with Crippen LogP contribution < -0.4 is 5.32 Å². The Hall–Kier alpha value is -0.120. The smallest absolute Gasteiger partial charge is 0.0897 e. The summed E-state index contributed by atoms with van der Waals surface area (Å²) in [4.78, 5) is 0. The van der Waals surface area contributed by atoms with E-state index in [2.05, 4.69) is 12.2 Å². The van der Waals surface area contributed by atoms with Gasteiger partial charge in [-0.2, -0.15) is 0 Å². The van der Waals surface area contributed by atoms with Crippen LogP contribution in [0.1, 0.15) is 26.2 Å². The Balaban J connectivity index is 1.81. The molecule has 1 atom stereocenters. The molecule has 0 amide bonds. The van der Waals surface area contributed by atoms with Crippen molar-refractivity contribution in [3.63, 3.8) is 0 Å². The van der Waals surface area contributed by atoms with Crippen molar-refractivity contribution in [3.8, 4) is 0 Å². The van der Waals surface area contributed by atoms with Gasteiger partial charge in [0.15, 0.2) is 0 Å². The van der Waals surface area contributed by atoms with E-state index >= 15 is 0 Å². The molecule has 1 aliphatic carbocycles. The summed E-state index contributed by atoms with van der Waals surface area (Å²) in [6, 6.07) is 0. The third-order valence-corrected chi connectivity index (χ3v) is 2.17. The Morgan fingerprint density at radius 3 is 2.92 bits per heavy atom. The molecule has 3 nitrogen and oxygen atoms in total. The van der Waals surface area contributed by atoms with E-state index in [0.717, 1.165) is 25.5 Å². The topological polar surface area (TPSA) is 41.5 Å². The predicted octanol–water partition coefficient (Wildman–Crippen LogP) is 0.773. The number of aliphatic hydroxyl groups is 1. The first-order valence-corrected chi connectivity index (χ1v) is 5.29. The van der Waals surface area contributed by atoms with Crippen LogP contribution in [-0.2, 0) is 4.74 Å². The van der Waals surface area contributed by atoms with E-state index in [9.17, 15) is 5.11 Å². The van der Waals surface area contributed by atoms with E-state index in [4.69, 9.17) is 4.74 Å². The number of rotatable bonds is 8. The molecule has 3 heteroatoms. The first-order chi connectivity index (χ1) is 6.33. The fourth-order valence-electron chi connectivity index (χ4n) is 1.16. The Morgan fingerprint density at radius 2 is 2.31 bits per heavy atom. The van der Waals surface area contributed by atoms with Gasteiger partial charge in [0, 0.05) is 13.2 Å². The average molecular weight is 187 g/mol. The molecule has 1 unspecified atom stereocenters. The third kappa shape index (κ3) is 6.02. The van der Waals surface area contributed by atoms with E-state index in [1.165, 1.54) is 12.8 Å². The summed E-state index contributed by atoms with van der Waals surface area (Å²) in [5, 5.41) is 12.6. The lowest BCUT2D eigenvalue weighted by atomic mass is 10.3. The van der Waals surface area contributed by atoms with Crippen LogP contribution in [0.5, 0.6) is 0 Å². The minimum Gasteiger partial charge on any atom is -0.389 e. The van der Waals surface area contributed by atoms with Crippen molar-refractivity contribution < 1.29 is 9.84 Å². The van der Waals surface area contributed by atoms with E-state index in [-0.39, 0.29) is 6.10 Å². The largest absolute Gasteiger partial charge is 0.389 e. The molecule has 0 aromatic rings. The fourth-order valence-corrected chi connectivity index (χ4v) is 1.16. The molecule has 0 aromatic carbocycles. The maximum absolute atomic E-state index is 9.42. The lowest BCUT2D eigenvalue weighted by Gasteiger charge is -2.11. The van der Waals surface area contributed by atoms with Gasteiger partial charge in [0.1, 0.15) is 0 Å². The van der Waals surface area contributed by atoms with Gasteiger partial charge in [-0.1, -0.05) is 6.92 Å². The molecule has 0 aliphatic heterocycles. The first-order valence-electron chi connectivity index (χ1n) is 5.29. The van der Waals surface area contributed by atoms with Crippen LogP contribution in [0.15, 0.2) is 0 Å². The van der Waals surface area contributed by atoms with Crippen LogP contribution in [0.25, 0.3) is 0 Å². The molecular weight excluding hydrogens is 166 g/mol. The molecule has 0 aromatic heterocycles. The SMILES string of the molecule is CCCNCC(O)COCC1CC1. The van der Waals surface area contributed by atoms with Crippen molar-refractivity contribution in [3.05, 3.63) is 0 Å². The quantitative estimate of drug-likeness (QED) is 0.552. The van der Waals surface area contributed by atoms with Crippen molar-refractivity contribution in [1.82, 2.24) is 5.32 Å². The molecule has 2 N–H and O–H groups in total. The summed E-state index contributed by atoms with van der Waals surface area (Å²) in [6.07, 6.45) is 3.38. The summed E-state index contributed by atoms with van der Waals surface area (Å²) in [7, 11) is 0. The molecule has 0 spiro atoms. The number of hydrogen-bond donors (Lipinski definition) is 2. The van der Waals surface area contributed by atoms with E-state index in [1.807, 2.05) is 0 Å². The third-order valence-electron chi connectivity index (χ3n) is 2.17. The highest BCUT2D eigenvalue weighted by Crippen LogP contribution is 2.28. The molecule has 1 fully saturated rings. The zero-order chi connectivity index (χ0) is 9.52. The van der Waals surface area contributed by atoms with Crippen molar-refractivity contribution in [2.24, 2.45) is 5.92 Å². The van der Waals surface area contributed by atoms with Crippen molar-refractivity contribution >= 4 is 0 Å². The summed E-state index contributed by atoms with van der Waals surface area (Å²) in [6.45, 7) is 5.05. The molecular formula is C10H21NO2. The lowest BCUT2D eigenvalue weighted by molar-refractivity contribution is 0.0327. The lowest BCUT2D eigenvalue weighted by Crippen LogP contribution is -2.31. The van der Waals surface area contributed by atoms with Crippen LogP contribution in [0.2, 0.25) is 0 Å². The van der Waals surface area contributed by atoms with Gasteiger partial charge in [0.2, 0.25) is 0 Å². The maximum Gasteiger partial charge on any atom is 0.0897 e. The second kappa shape index (κ2) is 6.35. The Labute approximate surface area is 80.5 Å². The highest BCUT2D eigenvalue weighted by Gasteiger charge is 2.21. The van der Waals surface area contributed by atoms with Gasteiger partial charge in [0.25, 0.3) is 0 Å². The van der Waals surface area contributed by atoms with Gasteiger partial charge < -0.3 is 15.2 Å². The number of hydrogen-bond acceptors (Lipinski definition) is 3. The molecule has 78 valence electrons. The maximum atomic E-state index is 9.42. The first kappa shape index (κ1) is 11.0. The van der Waals surface area contributed by atoms with Crippen molar-refractivity contribution in [2.75, 3.05) is 26.3 Å². The number of nitrogens with one attached hydrogen (secondary N) is 1. The summed E-state index contributed by atoms with van der Waals surface area (Å²) >= 11 is 0. The van der Waals surface area contributed by atoms with Gasteiger partial charge in [-0.15, -0.1) is 0 Å². The zero-order valence-electron chi connectivity index (χ0n) is 8.46. The fraction of sp³-hybridized carbons (Fsp3) is 1.00. The molecule has 0 radical (unpaired) electrons. The van der Waals surface area contributed by atoms with Gasteiger partial charge in [-0.3, -0.25) is 0 Å². The molecule has 1 saturated carbocycles. The minimum absolute atomic E-state index is 0.342. The summed E-state index contributed by atoms with van der Waals surface area (Å²) < 4.78 is 5.36. The van der Waals surface area contributed by atoms with Gasteiger partial charge in [-0.05, 0) is 31.7 Å². The van der Waals surface area contributed by atoms with Crippen LogP contribution in [0, 0.1) is 5.92 Å². The highest BCUT2D eigenvalue weighted by molar-refractivity contribution is 4.72. The molecule has 0 heterocycles. The molecule has 1 rings (SSSR count). The Morgan fingerprint density at radius 1 is 1.54 bits per heavy atom. The molecule has 0 bridgehead atoms. The number of aliphatic hydroxyl groups excluding tert-OH is 1. The Kier molecular flexibility index (Phi) is 5.35. The van der Waals surface area contributed by atoms with E-state index in [1.54, 1.807) is 0 Å². The average Bonchev–Trinajstić information content (AvgIpc) is 2.89. The molecule has 1 aliphatic rings. The van der Waals surface area contributed by atoms with Crippen molar-refractivity contribution in [1.29, 1.82) is 0 Å². The van der Waals surface area contributed by atoms with Crippen LogP contribution in [-0.4, -0.2) is 37.5 Å². The second-order valence-corrected chi connectivity index (χ2v) is 3.84. The predicted molar refractivity (Wildman–Crippen MR) is 52.7 cm³/mol. The normalized spacial score (nSPS) is 18.9. The molecule has 13 heavy (non-hydrogen) atoms. The zero-order valence-corrected chi connectivity index (χ0v) is 8.46. The Bertz CT molecular complexity index is 126. The van der Waals surface area contributed by atoms with Gasteiger partial charge >= 0.3 is 0 Å². The highest BCUT2D eigenvalue weighted by atomic mass is 16.5. The summed E-state index contributed by atoms with van der Waals surface area (Å²) in [5.41, 5.74) is 0. The standard InChI is InChI=1S/C10H21NO2/c1-2-5-11-6-10(12)8-13-7-9-3-4-9/h9-12H,2-8H2,1H3. The van der Waals surface area contributed by atoms with Gasteiger partial charge in [-0.25, -0.2) is 0 Å².